The van der Waals surface area contributed by atoms with Crippen molar-refractivity contribution in [1.29, 1.82) is 0 Å². The first-order chi connectivity index (χ1) is 5.88. The number of nitrogens with one attached hydrogen (secondary N) is 1. The minimum Gasteiger partial charge on any atom is -0.365 e. The van der Waals surface area contributed by atoms with Gasteiger partial charge in [-0.15, -0.1) is 0 Å². The van der Waals surface area contributed by atoms with Crippen LogP contribution in [0.15, 0.2) is 17.1 Å². The van der Waals surface area contributed by atoms with E-state index in [4.69, 9.17) is 10.7 Å². The predicted molar refractivity (Wildman–Crippen MR) is 50.3 cm³/mol. The molecular formula is C7H8ClNO3S. The fourth-order valence-electron chi connectivity index (χ4n) is 0.902. The molecule has 6 heteroatoms. The molecule has 0 spiro atoms. The molecule has 1 aromatic heterocycles. The van der Waals surface area contributed by atoms with Crippen molar-refractivity contribution in [2.45, 2.75) is 12.7 Å². The third kappa shape index (κ3) is 3.20. The van der Waals surface area contributed by atoms with Crippen molar-refractivity contribution >= 4 is 19.7 Å². The fraction of sp³-hybridized carbons (Fsp3) is 0.286. The topological polar surface area (TPSA) is 67.0 Å². The molecule has 4 nitrogen and oxygen atoms in total. The third-order valence-electron chi connectivity index (χ3n) is 1.47. The molecule has 0 atom stereocenters. The second-order valence-electron chi connectivity index (χ2n) is 2.69. The summed E-state index contributed by atoms with van der Waals surface area (Å²) in [5.41, 5.74) is 0.516. The highest BCUT2D eigenvalue weighted by atomic mass is 35.7. The van der Waals surface area contributed by atoms with Gasteiger partial charge in [0.25, 0.3) is 0 Å². The molecule has 0 aliphatic heterocycles. The van der Waals surface area contributed by atoms with Crippen molar-refractivity contribution in [3.05, 3.63) is 33.7 Å². The zero-order valence-corrected chi connectivity index (χ0v) is 8.45. The first-order valence-corrected chi connectivity index (χ1v) is 5.97. The fourth-order valence-corrected chi connectivity index (χ4v) is 1.85. The largest absolute Gasteiger partial charge is 0.365 e. The molecule has 13 heavy (non-hydrogen) atoms. The SMILES string of the molecule is Cc1cc(=O)c(CS(=O)(=O)Cl)c[nH]1. The van der Waals surface area contributed by atoms with Crippen LogP contribution in [0.4, 0.5) is 0 Å². The summed E-state index contributed by atoms with van der Waals surface area (Å²) in [6, 6.07) is 1.33. The smallest absolute Gasteiger partial charge is 0.236 e. The zero-order valence-electron chi connectivity index (χ0n) is 6.87. The molecule has 0 saturated heterocycles. The predicted octanol–water partition coefficient (Wildman–Crippen LogP) is 0.752. The van der Waals surface area contributed by atoms with Gasteiger partial charge in [0, 0.05) is 34.2 Å². The van der Waals surface area contributed by atoms with Crippen molar-refractivity contribution in [3.63, 3.8) is 0 Å². The molecule has 0 bridgehead atoms. The highest BCUT2D eigenvalue weighted by Crippen LogP contribution is 2.04. The molecule has 0 saturated carbocycles. The van der Waals surface area contributed by atoms with Gasteiger partial charge in [0.05, 0.1) is 5.75 Å². The van der Waals surface area contributed by atoms with Crippen molar-refractivity contribution < 1.29 is 8.42 Å². The van der Waals surface area contributed by atoms with Crippen molar-refractivity contribution in [1.82, 2.24) is 4.98 Å². The molecule has 0 fully saturated rings. The number of H-pyrrole nitrogens is 1. The number of rotatable bonds is 2. The quantitative estimate of drug-likeness (QED) is 0.750. The van der Waals surface area contributed by atoms with Gasteiger partial charge in [-0.1, -0.05) is 0 Å². The van der Waals surface area contributed by atoms with Crippen molar-refractivity contribution in [3.8, 4) is 0 Å². The zero-order chi connectivity index (χ0) is 10.1. The molecule has 1 heterocycles. The van der Waals surface area contributed by atoms with E-state index in [1.165, 1.54) is 12.3 Å². The van der Waals surface area contributed by atoms with E-state index in [1.807, 2.05) is 0 Å². The van der Waals surface area contributed by atoms with E-state index in [0.29, 0.717) is 5.69 Å². The average molecular weight is 222 g/mol. The van der Waals surface area contributed by atoms with Gasteiger partial charge in [-0.05, 0) is 6.92 Å². The second kappa shape index (κ2) is 3.51. The summed E-state index contributed by atoms with van der Waals surface area (Å²) in [6.45, 7) is 1.71. The second-order valence-corrected chi connectivity index (χ2v) is 5.47. The summed E-state index contributed by atoms with van der Waals surface area (Å²) in [4.78, 5) is 13.9. The molecule has 1 rings (SSSR count). The lowest BCUT2D eigenvalue weighted by atomic mass is 10.3. The van der Waals surface area contributed by atoms with E-state index in [9.17, 15) is 13.2 Å². The van der Waals surface area contributed by atoms with Crippen LogP contribution in [0, 0.1) is 6.92 Å². The summed E-state index contributed by atoms with van der Waals surface area (Å²) < 4.78 is 21.3. The minimum absolute atomic E-state index is 0.153. The number of halogens is 1. The highest BCUT2D eigenvalue weighted by Gasteiger charge is 2.09. The lowest BCUT2D eigenvalue weighted by molar-refractivity contribution is 0.608. The van der Waals surface area contributed by atoms with Gasteiger partial charge >= 0.3 is 0 Å². The maximum absolute atomic E-state index is 11.2. The number of hydrogen-bond acceptors (Lipinski definition) is 3. The van der Waals surface area contributed by atoms with Gasteiger partial charge in [0.1, 0.15) is 0 Å². The minimum atomic E-state index is -3.66. The molecule has 0 unspecified atom stereocenters. The molecule has 0 aromatic carbocycles. The van der Waals surface area contributed by atoms with Crippen LogP contribution in [-0.2, 0) is 14.8 Å². The molecular weight excluding hydrogens is 214 g/mol. The Hall–Kier alpha value is -0.810. The van der Waals surface area contributed by atoms with Crippen LogP contribution in [-0.4, -0.2) is 13.4 Å². The molecule has 0 aliphatic rings. The maximum Gasteiger partial charge on any atom is 0.236 e. The number of aromatic nitrogens is 1. The number of aryl methyl sites for hydroxylation is 1. The van der Waals surface area contributed by atoms with E-state index < -0.39 is 14.8 Å². The van der Waals surface area contributed by atoms with E-state index in [0.717, 1.165) is 0 Å². The Morgan fingerprint density at radius 3 is 2.62 bits per heavy atom. The van der Waals surface area contributed by atoms with Crippen LogP contribution >= 0.6 is 10.7 Å². The molecule has 0 radical (unpaired) electrons. The maximum atomic E-state index is 11.2. The van der Waals surface area contributed by atoms with Crippen LogP contribution in [0.2, 0.25) is 0 Å². The molecule has 0 aliphatic carbocycles. The van der Waals surface area contributed by atoms with Crippen LogP contribution in [0.3, 0.4) is 0 Å². The standard InChI is InChI=1S/C7H8ClNO3S/c1-5-2-7(10)6(3-9-5)4-13(8,11)12/h2-3H,4H2,1H3,(H,9,10). The molecule has 1 N–H and O–H groups in total. The monoisotopic (exact) mass is 221 g/mol. The Labute approximate surface area is 80.0 Å². The van der Waals surface area contributed by atoms with Crippen LogP contribution in [0.1, 0.15) is 11.3 Å². The third-order valence-corrected chi connectivity index (χ3v) is 2.45. The summed E-state index contributed by atoms with van der Waals surface area (Å²) in [7, 11) is 1.34. The van der Waals surface area contributed by atoms with Crippen LogP contribution in [0.25, 0.3) is 0 Å². The van der Waals surface area contributed by atoms with Gasteiger partial charge in [-0.2, -0.15) is 0 Å². The average Bonchev–Trinajstić information content (AvgIpc) is 1.93. The summed E-state index contributed by atoms with van der Waals surface area (Å²) in [5, 5.41) is 0. The van der Waals surface area contributed by atoms with Gasteiger partial charge in [-0.3, -0.25) is 4.79 Å². The number of hydrogen-bond donors (Lipinski definition) is 1. The molecule has 72 valence electrons. The van der Waals surface area contributed by atoms with Crippen molar-refractivity contribution in [2.75, 3.05) is 0 Å². The summed E-state index contributed by atoms with van der Waals surface area (Å²) in [6.07, 6.45) is 1.36. The number of aromatic amines is 1. The Morgan fingerprint density at radius 2 is 2.15 bits per heavy atom. The Morgan fingerprint density at radius 1 is 1.54 bits per heavy atom. The van der Waals surface area contributed by atoms with Crippen LogP contribution in [0.5, 0.6) is 0 Å². The summed E-state index contributed by atoms with van der Waals surface area (Å²) in [5.74, 6) is -0.440. The lowest BCUT2D eigenvalue weighted by Gasteiger charge is -1.97. The normalized spacial score (nSPS) is 11.5. The van der Waals surface area contributed by atoms with Gasteiger partial charge in [0.2, 0.25) is 9.05 Å². The van der Waals surface area contributed by atoms with E-state index >= 15 is 0 Å². The number of pyridine rings is 1. The van der Waals surface area contributed by atoms with Crippen LogP contribution < -0.4 is 5.43 Å². The van der Waals surface area contributed by atoms with Gasteiger partial charge in [0.15, 0.2) is 5.43 Å². The van der Waals surface area contributed by atoms with Gasteiger partial charge < -0.3 is 4.98 Å². The lowest BCUT2D eigenvalue weighted by Crippen LogP contribution is -2.11. The first kappa shape index (κ1) is 10.3. The highest BCUT2D eigenvalue weighted by molar-refractivity contribution is 8.13. The summed E-state index contributed by atoms with van der Waals surface area (Å²) >= 11 is 0. The van der Waals surface area contributed by atoms with E-state index in [-0.39, 0.29) is 11.0 Å². The van der Waals surface area contributed by atoms with Crippen molar-refractivity contribution in [2.24, 2.45) is 0 Å². The van der Waals surface area contributed by atoms with Gasteiger partial charge in [-0.25, -0.2) is 8.42 Å². The first-order valence-electron chi connectivity index (χ1n) is 3.49. The van der Waals surface area contributed by atoms with E-state index in [2.05, 4.69) is 4.98 Å². The Kier molecular flexibility index (Phi) is 2.77. The van der Waals surface area contributed by atoms with E-state index in [1.54, 1.807) is 6.92 Å². The Balaban J connectivity index is 3.12. The Bertz CT molecular complexity index is 463. The molecule has 1 aromatic rings. The molecule has 0 amide bonds.